The third-order valence-corrected chi connectivity index (χ3v) is 1.90. The topological polar surface area (TPSA) is 26.0 Å². The van der Waals surface area contributed by atoms with Gasteiger partial charge in [-0.3, -0.25) is 0 Å². The van der Waals surface area contributed by atoms with E-state index in [0.717, 1.165) is 0 Å². The molecule has 0 aliphatic rings. The van der Waals surface area contributed by atoms with E-state index in [1.807, 2.05) is 0 Å². The van der Waals surface area contributed by atoms with Crippen LogP contribution in [0.3, 0.4) is 0 Å². The van der Waals surface area contributed by atoms with Crippen molar-refractivity contribution in [3.05, 3.63) is 35.1 Å². The van der Waals surface area contributed by atoms with Crippen LogP contribution in [0.5, 0.6) is 0 Å². The zero-order valence-corrected chi connectivity index (χ0v) is 7.78. The zero-order chi connectivity index (χ0) is 12.6. The summed E-state index contributed by atoms with van der Waals surface area (Å²) in [6.45, 7) is -1.19. The molecule has 1 nitrogen and oxygen atoms in total. The van der Waals surface area contributed by atoms with Crippen LogP contribution in [0.1, 0.15) is 11.1 Å². The molecule has 0 radical (unpaired) electrons. The normalized spacial score (nSPS) is 12.9. The van der Waals surface area contributed by atoms with Crippen LogP contribution >= 0.6 is 0 Å². The highest BCUT2D eigenvalue weighted by molar-refractivity contribution is 5.30. The lowest BCUT2D eigenvalue weighted by atomic mass is 10.0. The molecular weight excluding hydrogens is 236 g/mol. The largest absolute Gasteiger partial charge is 0.416 e. The van der Waals surface area contributed by atoms with Gasteiger partial charge in [-0.25, -0.2) is 4.39 Å². The summed E-state index contributed by atoms with van der Waals surface area (Å²) >= 11 is 0. The molecule has 0 spiro atoms. The van der Waals surface area contributed by atoms with Crippen LogP contribution in [0.25, 0.3) is 0 Å². The van der Waals surface area contributed by atoms with Crippen molar-refractivity contribution in [2.45, 2.75) is 12.1 Å². The third-order valence-electron chi connectivity index (χ3n) is 1.90. The van der Waals surface area contributed by atoms with E-state index in [2.05, 4.69) is 0 Å². The van der Waals surface area contributed by atoms with Crippen LogP contribution in [0.4, 0.5) is 26.3 Å². The van der Waals surface area contributed by atoms with Crippen LogP contribution in [-0.4, -0.2) is 6.54 Å². The van der Waals surface area contributed by atoms with E-state index in [4.69, 9.17) is 5.73 Å². The fraction of sp³-hybridized carbons (Fsp3) is 0.333. The average Bonchev–Trinajstić information content (AvgIpc) is 2.15. The first kappa shape index (κ1) is 12.8. The molecule has 1 rings (SSSR count). The molecule has 1 aromatic rings. The maximum absolute atomic E-state index is 13.0. The zero-order valence-electron chi connectivity index (χ0n) is 7.78. The summed E-state index contributed by atoms with van der Waals surface area (Å²) in [4.78, 5) is 0. The molecule has 16 heavy (non-hydrogen) atoms. The number of halogens is 6. The molecule has 7 heteroatoms. The van der Waals surface area contributed by atoms with E-state index >= 15 is 0 Å². The van der Waals surface area contributed by atoms with E-state index in [9.17, 15) is 26.3 Å². The van der Waals surface area contributed by atoms with Crippen molar-refractivity contribution in [3.63, 3.8) is 0 Å². The van der Waals surface area contributed by atoms with Crippen molar-refractivity contribution in [2.24, 2.45) is 5.73 Å². The molecule has 2 N–H and O–H groups in total. The molecule has 90 valence electrons. The first-order valence-corrected chi connectivity index (χ1v) is 4.13. The Morgan fingerprint density at radius 1 is 0.938 bits per heavy atom. The molecule has 0 fully saturated rings. The summed E-state index contributed by atoms with van der Waals surface area (Å²) in [5, 5.41) is 0. The molecule has 1 aromatic carbocycles. The van der Waals surface area contributed by atoms with Gasteiger partial charge in [-0.05, 0) is 18.2 Å². The summed E-state index contributed by atoms with van der Waals surface area (Å²) in [7, 11) is 0. The predicted octanol–water partition coefficient (Wildman–Crippen LogP) is 2.90. The van der Waals surface area contributed by atoms with Crippen LogP contribution in [0.15, 0.2) is 18.2 Å². The second-order valence-electron chi connectivity index (χ2n) is 3.13. The van der Waals surface area contributed by atoms with Gasteiger partial charge in [0.1, 0.15) is 5.82 Å². The molecule has 0 aliphatic heterocycles. The van der Waals surface area contributed by atoms with Crippen LogP contribution in [0.2, 0.25) is 0 Å². The van der Waals surface area contributed by atoms with Gasteiger partial charge in [0.25, 0.3) is 5.92 Å². The van der Waals surface area contributed by atoms with Crippen molar-refractivity contribution in [1.29, 1.82) is 0 Å². The Labute approximate surface area is 86.9 Å². The van der Waals surface area contributed by atoms with E-state index < -0.39 is 35.6 Å². The monoisotopic (exact) mass is 243 g/mol. The van der Waals surface area contributed by atoms with Gasteiger partial charge in [0.15, 0.2) is 0 Å². The minimum atomic E-state index is -4.87. The number of nitrogens with two attached hydrogens (primary N) is 1. The van der Waals surface area contributed by atoms with Gasteiger partial charge >= 0.3 is 6.18 Å². The van der Waals surface area contributed by atoms with E-state index in [0.29, 0.717) is 6.07 Å². The van der Waals surface area contributed by atoms with E-state index in [-0.39, 0.29) is 12.1 Å². The van der Waals surface area contributed by atoms with E-state index in [1.54, 1.807) is 0 Å². The van der Waals surface area contributed by atoms with Crippen molar-refractivity contribution >= 4 is 0 Å². The summed E-state index contributed by atoms with van der Waals surface area (Å²) in [6, 6.07) is 0.675. The van der Waals surface area contributed by atoms with Crippen molar-refractivity contribution in [3.8, 4) is 0 Å². The molecule has 0 saturated heterocycles. The lowest BCUT2D eigenvalue weighted by Gasteiger charge is -2.16. The lowest BCUT2D eigenvalue weighted by molar-refractivity contribution is -0.138. The summed E-state index contributed by atoms with van der Waals surface area (Å²) < 4.78 is 75.3. The van der Waals surface area contributed by atoms with Gasteiger partial charge in [-0.1, -0.05) is 0 Å². The Bertz CT molecular complexity index is 384. The quantitative estimate of drug-likeness (QED) is 0.794. The smallest absolute Gasteiger partial charge is 0.325 e. The molecule has 0 bridgehead atoms. The predicted molar refractivity (Wildman–Crippen MR) is 44.4 cm³/mol. The highest BCUT2D eigenvalue weighted by Crippen LogP contribution is 2.34. The van der Waals surface area contributed by atoms with Gasteiger partial charge in [0.05, 0.1) is 12.1 Å². The second kappa shape index (κ2) is 3.97. The van der Waals surface area contributed by atoms with Crippen LogP contribution < -0.4 is 5.73 Å². The van der Waals surface area contributed by atoms with Gasteiger partial charge < -0.3 is 5.73 Å². The summed E-state index contributed by atoms with van der Waals surface area (Å²) in [6.07, 6.45) is -4.87. The molecule has 0 heterocycles. The highest BCUT2D eigenvalue weighted by atomic mass is 19.4. The van der Waals surface area contributed by atoms with Gasteiger partial charge in [0, 0.05) is 5.56 Å². The van der Waals surface area contributed by atoms with Gasteiger partial charge in [-0.15, -0.1) is 0 Å². The standard InChI is InChI=1S/C9H7F6N/c10-7-2-5(8(11,12)4-16)1-6(3-7)9(13,14)15/h1-3H,4,16H2. The number of hydrogen-bond acceptors (Lipinski definition) is 1. The maximum Gasteiger partial charge on any atom is 0.416 e. The number of benzene rings is 1. The van der Waals surface area contributed by atoms with Crippen LogP contribution in [-0.2, 0) is 12.1 Å². The molecule has 0 amide bonds. The molecule has 0 aromatic heterocycles. The summed E-state index contributed by atoms with van der Waals surface area (Å²) in [5.41, 5.74) is 2.15. The SMILES string of the molecule is NCC(F)(F)c1cc(F)cc(C(F)(F)F)c1. The Balaban J connectivity index is 3.29. The molecule has 0 unspecified atom stereocenters. The summed E-state index contributed by atoms with van der Waals surface area (Å²) in [5.74, 6) is -5.06. The fourth-order valence-electron chi connectivity index (χ4n) is 1.08. The minimum absolute atomic E-state index is 0.149. The molecular formula is C9H7F6N. The Morgan fingerprint density at radius 2 is 1.44 bits per heavy atom. The number of alkyl halides is 5. The third kappa shape index (κ3) is 2.66. The molecule has 0 saturated carbocycles. The fourth-order valence-corrected chi connectivity index (χ4v) is 1.08. The lowest BCUT2D eigenvalue weighted by Crippen LogP contribution is -2.25. The number of rotatable bonds is 2. The highest BCUT2D eigenvalue weighted by Gasteiger charge is 2.36. The first-order chi connectivity index (χ1) is 7.16. The van der Waals surface area contributed by atoms with Gasteiger partial charge in [-0.2, -0.15) is 22.0 Å². The average molecular weight is 243 g/mol. The Morgan fingerprint density at radius 3 is 1.88 bits per heavy atom. The van der Waals surface area contributed by atoms with Crippen molar-refractivity contribution < 1.29 is 26.3 Å². The first-order valence-electron chi connectivity index (χ1n) is 4.13. The van der Waals surface area contributed by atoms with Gasteiger partial charge in [0.2, 0.25) is 0 Å². The Kier molecular flexibility index (Phi) is 3.18. The maximum atomic E-state index is 13.0. The van der Waals surface area contributed by atoms with Crippen LogP contribution in [0, 0.1) is 5.82 Å². The Hall–Kier alpha value is -1.24. The van der Waals surface area contributed by atoms with Crippen molar-refractivity contribution in [2.75, 3.05) is 6.54 Å². The second-order valence-corrected chi connectivity index (χ2v) is 3.13. The minimum Gasteiger partial charge on any atom is -0.325 e. The molecule has 0 aliphatic carbocycles. The van der Waals surface area contributed by atoms with Crippen molar-refractivity contribution in [1.82, 2.24) is 0 Å². The van der Waals surface area contributed by atoms with E-state index in [1.165, 1.54) is 0 Å². The molecule has 0 atom stereocenters. The number of hydrogen-bond donors (Lipinski definition) is 1.